The van der Waals surface area contributed by atoms with E-state index in [2.05, 4.69) is 27.5 Å². The minimum absolute atomic E-state index is 0.286. The molecule has 0 spiro atoms. The smallest absolute Gasteiger partial charge is 0.243 e. The number of rotatable bonds is 7. The zero-order valence-electron chi connectivity index (χ0n) is 17.9. The average Bonchev–Trinajstić information content (AvgIpc) is 3.08. The first-order chi connectivity index (χ1) is 14.4. The molecule has 9 heteroatoms. The Balaban J connectivity index is 1.75. The lowest BCUT2D eigenvalue weighted by Gasteiger charge is -2.26. The average molecular weight is 450 g/mol. The summed E-state index contributed by atoms with van der Waals surface area (Å²) in [4.78, 5) is 10.8. The van der Waals surface area contributed by atoms with Crippen LogP contribution in [0.2, 0.25) is 0 Å². The van der Waals surface area contributed by atoms with E-state index in [0.29, 0.717) is 36.1 Å². The predicted molar refractivity (Wildman–Crippen MR) is 122 cm³/mol. The van der Waals surface area contributed by atoms with Crippen LogP contribution in [0, 0.1) is 13.8 Å². The number of aromatic nitrogens is 1. The zero-order valence-corrected chi connectivity index (χ0v) is 19.6. The molecule has 2 heterocycles. The molecule has 0 atom stereocenters. The summed E-state index contributed by atoms with van der Waals surface area (Å²) in [5.41, 5.74) is 1.76. The van der Waals surface area contributed by atoms with Crippen molar-refractivity contribution >= 4 is 27.3 Å². The first-order valence-corrected chi connectivity index (χ1v) is 12.7. The number of nitrogens with one attached hydrogen (secondary N) is 2. The predicted octanol–water partition coefficient (Wildman–Crippen LogP) is 3.19. The van der Waals surface area contributed by atoms with Crippen LogP contribution in [0.4, 0.5) is 0 Å². The molecule has 1 aliphatic rings. The molecular formula is C21H31N5O2S2. The number of sulfonamides is 1. The zero-order chi connectivity index (χ0) is 21.6. The highest BCUT2D eigenvalue weighted by atomic mass is 32.2. The number of benzene rings is 1. The fourth-order valence-electron chi connectivity index (χ4n) is 3.41. The first kappa shape index (κ1) is 22.7. The Bertz CT molecular complexity index is 960. The third-order valence-electron chi connectivity index (χ3n) is 5.14. The van der Waals surface area contributed by atoms with E-state index in [4.69, 9.17) is 0 Å². The highest BCUT2D eigenvalue weighted by molar-refractivity contribution is 7.89. The fourth-order valence-corrected chi connectivity index (χ4v) is 6.02. The lowest BCUT2D eigenvalue weighted by molar-refractivity contribution is 0.346. The largest absolute Gasteiger partial charge is 0.357 e. The van der Waals surface area contributed by atoms with Gasteiger partial charge in [0.2, 0.25) is 10.0 Å². The topological polar surface area (TPSA) is 86.7 Å². The molecule has 0 bridgehead atoms. The molecule has 2 aromatic rings. The minimum atomic E-state index is -3.50. The molecule has 1 aromatic heterocycles. The van der Waals surface area contributed by atoms with Crippen molar-refractivity contribution in [3.8, 4) is 0 Å². The first-order valence-electron chi connectivity index (χ1n) is 10.4. The van der Waals surface area contributed by atoms with Gasteiger partial charge in [0.1, 0.15) is 5.01 Å². The fraction of sp³-hybridized carbons (Fsp3) is 0.524. The summed E-state index contributed by atoms with van der Waals surface area (Å²) < 4.78 is 27.9. The SMILES string of the molecule is CCNC(=NCc1ccccc1S(=O)(=O)N1CCCCC1)NCc1nc(C)c(C)s1. The van der Waals surface area contributed by atoms with Crippen molar-refractivity contribution in [1.82, 2.24) is 19.9 Å². The molecule has 0 saturated carbocycles. The molecule has 1 aromatic carbocycles. The monoisotopic (exact) mass is 449 g/mol. The third kappa shape index (κ3) is 5.59. The van der Waals surface area contributed by atoms with Crippen molar-refractivity contribution < 1.29 is 8.42 Å². The highest BCUT2D eigenvalue weighted by Gasteiger charge is 2.27. The van der Waals surface area contributed by atoms with Gasteiger partial charge in [-0.2, -0.15) is 4.31 Å². The van der Waals surface area contributed by atoms with Crippen LogP contribution in [0.5, 0.6) is 0 Å². The lowest BCUT2D eigenvalue weighted by atomic mass is 10.2. The van der Waals surface area contributed by atoms with Gasteiger partial charge < -0.3 is 10.6 Å². The van der Waals surface area contributed by atoms with Gasteiger partial charge in [-0.15, -0.1) is 11.3 Å². The Morgan fingerprint density at radius 2 is 1.90 bits per heavy atom. The molecule has 1 aliphatic heterocycles. The Morgan fingerprint density at radius 1 is 1.17 bits per heavy atom. The van der Waals surface area contributed by atoms with Crippen molar-refractivity contribution in [1.29, 1.82) is 0 Å². The number of piperidine rings is 1. The number of aliphatic imine (C=N–C) groups is 1. The van der Waals surface area contributed by atoms with E-state index in [0.717, 1.165) is 36.5 Å². The highest BCUT2D eigenvalue weighted by Crippen LogP contribution is 2.24. The maximum absolute atomic E-state index is 13.2. The van der Waals surface area contributed by atoms with Gasteiger partial charge in [-0.05, 0) is 45.2 Å². The molecule has 3 rings (SSSR count). The van der Waals surface area contributed by atoms with Crippen molar-refractivity contribution in [2.45, 2.75) is 58.0 Å². The van der Waals surface area contributed by atoms with Gasteiger partial charge >= 0.3 is 0 Å². The summed E-state index contributed by atoms with van der Waals surface area (Å²) in [6.45, 7) is 8.85. The number of nitrogens with zero attached hydrogens (tertiary/aromatic N) is 3. The Morgan fingerprint density at radius 3 is 2.57 bits per heavy atom. The van der Waals surface area contributed by atoms with Crippen molar-refractivity contribution in [3.63, 3.8) is 0 Å². The van der Waals surface area contributed by atoms with Crippen LogP contribution < -0.4 is 10.6 Å². The van der Waals surface area contributed by atoms with Crippen LogP contribution in [-0.4, -0.2) is 43.3 Å². The Kier molecular flexibility index (Phi) is 7.85. The number of hydrogen-bond acceptors (Lipinski definition) is 5. The van der Waals surface area contributed by atoms with E-state index in [1.165, 1.54) is 4.88 Å². The number of guanidine groups is 1. The Labute approximate surface area is 183 Å². The second-order valence-electron chi connectivity index (χ2n) is 7.37. The standard InChI is InChI=1S/C21H31N5O2S2/c1-4-22-21(24-15-20-25-16(2)17(3)29-20)23-14-18-10-6-7-11-19(18)30(27,28)26-12-8-5-9-13-26/h6-7,10-11H,4-5,8-9,12-15H2,1-3H3,(H2,22,23,24). The molecule has 7 nitrogen and oxygen atoms in total. The van der Waals surface area contributed by atoms with Gasteiger partial charge in [-0.3, -0.25) is 0 Å². The molecule has 30 heavy (non-hydrogen) atoms. The molecule has 164 valence electrons. The number of thiazole rings is 1. The normalized spacial score (nSPS) is 15.9. The number of hydrogen-bond donors (Lipinski definition) is 2. The van der Waals surface area contributed by atoms with E-state index in [1.807, 2.05) is 26.0 Å². The molecule has 0 radical (unpaired) electrons. The van der Waals surface area contributed by atoms with Crippen LogP contribution in [0.15, 0.2) is 34.2 Å². The molecular weight excluding hydrogens is 418 g/mol. The van der Waals surface area contributed by atoms with Crippen LogP contribution >= 0.6 is 11.3 Å². The van der Waals surface area contributed by atoms with E-state index in [1.54, 1.807) is 27.8 Å². The maximum Gasteiger partial charge on any atom is 0.243 e. The van der Waals surface area contributed by atoms with E-state index in [9.17, 15) is 8.42 Å². The summed E-state index contributed by atoms with van der Waals surface area (Å²) >= 11 is 1.67. The van der Waals surface area contributed by atoms with Crippen molar-refractivity contribution in [2.75, 3.05) is 19.6 Å². The molecule has 0 amide bonds. The van der Waals surface area contributed by atoms with E-state index in [-0.39, 0.29) is 6.54 Å². The third-order valence-corrected chi connectivity index (χ3v) is 8.21. The Hall–Kier alpha value is -1.97. The van der Waals surface area contributed by atoms with Gasteiger partial charge in [0.05, 0.1) is 23.7 Å². The van der Waals surface area contributed by atoms with Crippen LogP contribution in [-0.2, 0) is 23.1 Å². The summed E-state index contributed by atoms with van der Waals surface area (Å²) in [6, 6.07) is 7.18. The maximum atomic E-state index is 13.2. The molecule has 0 aliphatic carbocycles. The van der Waals surface area contributed by atoms with Gasteiger partial charge in [-0.1, -0.05) is 24.6 Å². The summed E-state index contributed by atoms with van der Waals surface area (Å²) in [6.07, 6.45) is 2.93. The second kappa shape index (κ2) is 10.4. The van der Waals surface area contributed by atoms with E-state index >= 15 is 0 Å². The molecule has 1 saturated heterocycles. The quantitative estimate of drug-likeness (QED) is 0.501. The van der Waals surface area contributed by atoms with Gasteiger partial charge in [0, 0.05) is 24.5 Å². The molecule has 0 unspecified atom stereocenters. The summed E-state index contributed by atoms with van der Waals surface area (Å²) in [5.74, 6) is 0.646. The van der Waals surface area contributed by atoms with E-state index < -0.39 is 10.0 Å². The molecule has 1 fully saturated rings. The van der Waals surface area contributed by atoms with Crippen molar-refractivity contribution in [2.24, 2.45) is 4.99 Å². The van der Waals surface area contributed by atoms with Crippen molar-refractivity contribution in [3.05, 3.63) is 45.4 Å². The van der Waals surface area contributed by atoms with Gasteiger partial charge in [0.25, 0.3) is 0 Å². The summed E-state index contributed by atoms with van der Waals surface area (Å²) in [5, 5.41) is 7.52. The summed E-state index contributed by atoms with van der Waals surface area (Å²) in [7, 11) is -3.50. The lowest BCUT2D eigenvalue weighted by Crippen LogP contribution is -2.37. The van der Waals surface area contributed by atoms with Crippen LogP contribution in [0.3, 0.4) is 0 Å². The second-order valence-corrected chi connectivity index (χ2v) is 10.6. The van der Waals surface area contributed by atoms with Crippen LogP contribution in [0.25, 0.3) is 0 Å². The minimum Gasteiger partial charge on any atom is -0.357 e. The van der Waals surface area contributed by atoms with Crippen LogP contribution in [0.1, 0.15) is 47.3 Å². The number of aryl methyl sites for hydroxylation is 2. The van der Waals surface area contributed by atoms with Gasteiger partial charge in [-0.25, -0.2) is 18.4 Å². The molecule has 2 N–H and O–H groups in total. The van der Waals surface area contributed by atoms with Gasteiger partial charge in [0.15, 0.2) is 5.96 Å².